The third kappa shape index (κ3) is 33.6. The number of nitrogen functional groups attached to an aromatic ring is 3. The Morgan fingerprint density at radius 1 is 0.371 bits per heavy atom. The fourth-order valence-corrected chi connectivity index (χ4v) is 15.9. The van der Waals surface area contributed by atoms with Crippen molar-refractivity contribution in [3.63, 3.8) is 0 Å². The second-order valence-electron chi connectivity index (χ2n) is 32.7. The van der Waals surface area contributed by atoms with Crippen LogP contribution in [0.4, 0.5) is 35.3 Å². The molecule has 3 fully saturated rings. The number of aromatic nitrogens is 9. The van der Waals surface area contributed by atoms with Crippen LogP contribution < -0.4 is 43.8 Å². The maximum atomic E-state index is 12.7. The number of fused-ring (bicyclic) bond motifs is 3. The molecular formula is C95H142N26O11. The van der Waals surface area contributed by atoms with E-state index in [4.69, 9.17) is 36.2 Å². The number of benzene rings is 3. The summed E-state index contributed by atoms with van der Waals surface area (Å²) in [5.41, 5.74) is 34.7. The molecule has 37 heteroatoms. The van der Waals surface area contributed by atoms with Crippen molar-refractivity contribution in [3.8, 4) is 0 Å². The molecule has 6 aromatic heterocycles. The van der Waals surface area contributed by atoms with E-state index in [1.54, 1.807) is 0 Å². The largest absolute Gasteiger partial charge is 0.386 e. The van der Waals surface area contributed by atoms with E-state index in [1.807, 2.05) is 46.7 Å². The standard InChI is InChI=1S/C34H51N9O5.C32H47N9O4.C27H38N8O2.C2H6/c1-4-5-6-11-38-33-32-29(39-34(35)40-33)9-13-43(32)24-28-8-7-27(22-26(28)2)23-41-14-16-42(17-15-41)31(45)10-18-46-20-21-47-19-12-37-30(44)25-48-36-3;1-4-5-6-11-36-31-30-27(37-32(33)38-31)9-13-41(30)22-26-8-7-25(20-24(26)2)21-39-14-16-40(17-15-39)29(43)10-18-44-19-12-35-28(42)23-45-34-3;1-4-5-6-10-30-26-25-23(31-27(28)32-26)9-11-35(25)18-22-8-7-21(16-20(22)2)17-33-12-14-34(15-13-33)24(36)19-37-29-3;1-2/h7-9,13,22H,3-6,10-12,14-21,23-25H2,1-2H3,(H,37,44)(H3,35,38,39,40);7-9,13,20H,3-6,10-12,14-19,21-23H2,1-2H3,(H,35,42)(H3,33,36,37,38);7-9,11,16H,3-6,10,12-15,17-19H2,1-2H3,(H3,28,30,31,32);1-2H3. The lowest BCUT2D eigenvalue weighted by atomic mass is 10.0. The summed E-state index contributed by atoms with van der Waals surface area (Å²) < 4.78 is 23.1. The van der Waals surface area contributed by atoms with Gasteiger partial charge < -0.3 is 101 Å². The molecule has 0 radical (unpaired) electrons. The summed E-state index contributed by atoms with van der Waals surface area (Å²) in [6, 6.07) is 26.0. The first-order valence-corrected chi connectivity index (χ1v) is 46.6. The molecule has 0 saturated carbocycles. The number of oxime groups is 3. The molecule has 0 aliphatic carbocycles. The van der Waals surface area contributed by atoms with Crippen LogP contribution in [0, 0.1) is 20.8 Å². The third-order valence-electron chi connectivity index (χ3n) is 23.0. The fourth-order valence-electron chi connectivity index (χ4n) is 15.9. The molecule has 9 aromatic rings. The van der Waals surface area contributed by atoms with Gasteiger partial charge in [-0.3, -0.25) is 38.7 Å². The van der Waals surface area contributed by atoms with Gasteiger partial charge in [0.25, 0.3) is 17.7 Å². The normalized spacial score (nSPS) is 13.6. The Balaban J connectivity index is 0.000000222. The van der Waals surface area contributed by atoms with Crippen LogP contribution in [0.1, 0.15) is 155 Å². The molecule has 3 aliphatic heterocycles. The molecule has 718 valence electrons. The third-order valence-corrected chi connectivity index (χ3v) is 23.0. The molecule has 3 aliphatic rings. The molecule has 132 heavy (non-hydrogen) atoms. The number of aryl methyl sites for hydroxylation is 3. The zero-order valence-corrected chi connectivity index (χ0v) is 79.0. The lowest BCUT2D eigenvalue weighted by Crippen LogP contribution is -2.49. The van der Waals surface area contributed by atoms with E-state index in [9.17, 15) is 24.0 Å². The maximum Gasteiger partial charge on any atom is 0.263 e. The minimum absolute atomic E-state index is 0.0443. The molecule has 9 heterocycles. The highest BCUT2D eigenvalue weighted by Gasteiger charge is 2.26. The number of unbranched alkanes of at least 4 members (excludes halogenated alkanes) is 6. The Labute approximate surface area is 776 Å². The predicted molar refractivity (Wildman–Crippen MR) is 522 cm³/mol. The molecule has 3 saturated heterocycles. The predicted octanol–water partition coefficient (Wildman–Crippen LogP) is 9.83. The van der Waals surface area contributed by atoms with Gasteiger partial charge in [-0.15, -0.1) is 15.5 Å². The number of hydrogen-bond donors (Lipinski definition) is 8. The molecule has 3 aromatic carbocycles. The van der Waals surface area contributed by atoms with Crippen LogP contribution in [0.25, 0.3) is 33.1 Å². The Hall–Kier alpha value is -12.2. The first-order valence-electron chi connectivity index (χ1n) is 46.6. The quantitative estimate of drug-likeness (QED) is 0.00998. The van der Waals surface area contributed by atoms with Gasteiger partial charge in [-0.2, -0.15) is 15.0 Å². The van der Waals surface area contributed by atoms with Crippen LogP contribution in [0.2, 0.25) is 0 Å². The number of carbonyl (C=O) groups excluding carboxylic acids is 5. The van der Waals surface area contributed by atoms with E-state index >= 15 is 0 Å². The second kappa shape index (κ2) is 56.5. The summed E-state index contributed by atoms with van der Waals surface area (Å²) in [6.07, 6.45) is 17.1. The van der Waals surface area contributed by atoms with Gasteiger partial charge in [0.15, 0.2) is 37.3 Å². The van der Waals surface area contributed by atoms with Crippen molar-refractivity contribution in [1.82, 2.24) is 83.6 Å². The minimum Gasteiger partial charge on any atom is -0.386 e. The first-order chi connectivity index (χ1) is 64.2. The summed E-state index contributed by atoms with van der Waals surface area (Å²) in [6.45, 7) is 45.5. The lowest BCUT2D eigenvalue weighted by Gasteiger charge is -2.35. The van der Waals surface area contributed by atoms with Gasteiger partial charge in [0.1, 0.15) is 16.6 Å². The Kier molecular flexibility index (Phi) is 44.4. The van der Waals surface area contributed by atoms with Crippen molar-refractivity contribution in [3.05, 3.63) is 141 Å². The van der Waals surface area contributed by atoms with Gasteiger partial charge in [0.2, 0.25) is 29.7 Å². The summed E-state index contributed by atoms with van der Waals surface area (Å²) in [4.78, 5) is 114. The van der Waals surface area contributed by atoms with Crippen LogP contribution in [0.15, 0.2) is 107 Å². The molecule has 0 spiro atoms. The summed E-state index contributed by atoms with van der Waals surface area (Å²) >= 11 is 0. The minimum atomic E-state index is -0.293. The topological polar surface area (TPSA) is 428 Å². The molecule has 5 amide bonds. The van der Waals surface area contributed by atoms with Crippen molar-refractivity contribution in [1.29, 1.82) is 0 Å². The molecule has 0 unspecified atom stereocenters. The maximum absolute atomic E-state index is 12.7. The van der Waals surface area contributed by atoms with Crippen LogP contribution in [0.3, 0.4) is 0 Å². The van der Waals surface area contributed by atoms with Crippen molar-refractivity contribution in [2.45, 2.75) is 165 Å². The monoisotopic (exact) mass is 1820 g/mol. The second-order valence-corrected chi connectivity index (χ2v) is 32.7. The van der Waals surface area contributed by atoms with Gasteiger partial charge >= 0.3 is 0 Å². The average Bonchev–Trinajstić information content (AvgIpc) is 1.65. The molecular weight excluding hydrogens is 1680 g/mol. The van der Waals surface area contributed by atoms with Gasteiger partial charge in [0, 0.05) is 189 Å². The van der Waals surface area contributed by atoms with Gasteiger partial charge in [-0.05, 0) is 108 Å². The highest BCUT2D eigenvalue weighted by molar-refractivity contribution is 5.90. The lowest BCUT2D eigenvalue weighted by molar-refractivity contribution is -0.138. The fraction of sp³-hybridized carbons (Fsp3) is 0.537. The Morgan fingerprint density at radius 2 is 0.674 bits per heavy atom. The van der Waals surface area contributed by atoms with Gasteiger partial charge in [0.05, 0.1) is 69.0 Å². The number of nitrogens with zero attached hydrogens (tertiary/aromatic N) is 18. The Morgan fingerprint density at radius 3 is 0.985 bits per heavy atom. The number of hydrogen-bond acceptors (Lipinski definition) is 29. The molecule has 0 bridgehead atoms. The van der Waals surface area contributed by atoms with Crippen molar-refractivity contribution < 1.29 is 52.7 Å². The van der Waals surface area contributed by atoms with Crippen LogP contribution in [-0.4, -0.2) is 293 Å². The smallest absolute Gasteiger partial charge is 0.263 e. The summed E-state index contributed by atoms with van der Waals surface area (Å²) in [5.74, 6) is 2.79. The highest BCUT2D eigenvalue weighted by atomic mass is 16.6. The molecule has 37 nitrogen and oxygen atoms in total. The average molecular weight is 1820 g/mol. The summed E-state index contributed by atoms with van der Waals surface area (Å²) in [5, 5.41) is 25.3. The zero-order valence-electron chi connectivity index (χ0n) is 79.0. The number of nitrogens with one attached hydrogen (secondary N) is 5. The van der Waals surface area contributed by atoms with Crippen LogP contribution >= 0.6 is 0 Å². The van der Waals surface area contributed by atoms with E-state index < -0.39 is 0 Å². The molecule has 12 rings (SSSR count). The van der Waals surface area contributed by atoms with E-state index in [0.717, 1.165) is 161 Å². The van der Waals surface area contributed by atoms with E-state index in [1.165, 1.54) is 88.6 Å². The van der Waals surface area contributed by atoms with Crippen molar-refractivity contribution in [2.24, 2.45) is 15.5 Å². The number of amides is 5. The first kappa shape index (κ1) is 104. The number of anilines is 6. The number of rotatable bonds is 51. The number of nitrogens with two attached hydrogens (primary N) is 3. The number of carbonyl (C=O) groups is 5. The number of ether oxygens (including phenoxy) is 3. The molecule has 11 N–H and O–H groups in total. The number of piperazine rings is 3. The SMILES string of the molecule is C=NOCC(=O)N1CCN(Cc2ccc(Cn3ccc4nc(N)nc(NCCCCC)c43)c(C)c2)CC1.C=NOCC(=O)NCCOCCC(=O)N1CCN(Cc2ccc(Cn3ccc4nc(N)nc(NCCCCC)c43)c(C)c2)CC1.C=NOCC(=O)NCCOCCOCCC(=O)N1CCN(Cc2ccc(Cn3ccc4nc(N)nc(NCCCCC)c43)c(C)c2)CC1.CC. The van der Waals surface area contributed by atoms with Gasteiger partial charge in [-0.1, -0.05) is 128 Å². The highest BCUT2D eigenvalue weighted by Crippen LogP contribution is 2.30. The zero-order chi connectivity index (χ0) is 94.4. The van der Waals surface area contributed by atoms with Crippen molar-refractivity contribution >= 4 is 118 Å². The van der Waals surface area contributed by atoms with Crippen molar-refractivity contribution in [2.75, 3.05) is 204 Å². The molecule has 0 atom stereocenters. The Bertz CT molecular complexity index is 5090. The summed E-state index contributed by atoms with van der Waals surface area (Å²) in [7, 11) is 0. The van der Waals surface area contributed by atoms with E-state index in [0.29, 0.717) is 111 Å². The van der Waals surface area contributed by atoms with Gasteiger partial charge in [-0.25, -0.2) is 15.0 Å². The van der Waals surface area contributed by atoms with Crippen LogP contribution in [-0.2, 0) is 92.0 Å². The van der Waals surface area contributed by atoms with E-state index in [2.05, 4.69) is 245 Å². The van der Waals surface area contributed by atoms with E-state index in [-0.39, 0.29) is 67.2 Å². The van der Waals surface area contributed by atoms with Crippen LogP contribution in [0.5, 0.6) is 0 Å².